The van der Waals surface area contributed by atoms with Crippen molar-refractivity contribution in [3.8, 4) is 5.75 Å². The van der Waals surface area contributed by atoms with Crippen LogP contribution in [0.5, 0.6) is 5.75 Å². The van der Waals surface area contributed by atoms with Gasteiger partial charge in [0.15, 0.2) is 0 Å². The van der Waals surface area contributed by atoms with E-state index in [1.54, 1.807) is 7.11 Å². The van der Waals surface area contributed by atoms with Crippen molar-refractivity contribution < 1.29 is 14.3 Å². The van der Waals surface area contributed by atoms with Crippen LogP contribution in [0.25, 0.3) is 0 Å². The van der Waals surface area contributed by atoms with Crippen LogP contribution in [0.4, 0.5) is 0 Å². The van der Waals surface area contributed by atoms with Gasteiger partial charge in [-0.2, -0.15) is 0 Å². The van der Waals surface area contributed by atoms with Crippen LogP contribution in [0.1, 0.15) is 25.3 Å². The van der Waals surface area contributed by atoms with E-state index in [2.05, 4.69) is 20.8 Å². The lowest BCUT2D eigenvalue weighted by Gasteiger charge is -2.23. The quantitative estimate of drug-likeness (QED) is 0.771. The second kappa shape index (κ2) is 7.09. The molecule has 4 nitrogen and oxygen atoms in total. The highest BCUT2D eigenvalue weighted by Crippen LogP contribution is 2.28. The van der Waals surface area contributed by atoms with Gasteiger partial charge in [-0.15, -0.1) is 0 Å². The summed E-state index contributed by atoms with van der Waals surface area (Å²) in [6.07, 6.45) is 1.90. The van der Waals surface area contributed by atoms with Crippen molar-refractivity contribution in [1.29, 1.82) is 0 Å². The van der Waals surface area contributed by atoms with Crippen LogP contribution in [0.3, 0.4) is 0 Å². The summed E-state index contributed by atoms with van der Waals surface area (Å²) in [5.74, 6) is 0.738. The monoisotopic (exact) mass is 341 g/mol. The van der Waals surface area contributed by atoms with Gasteiger partial charge in [-0.25, -0.2) is 0 Å². The third-order valence-electron chi connectivity index (χ3n) is 3.54. The molecule has 20 heavy (non-hydrogen) atoms. The van der Waals surface area contributed by atoms with Crippen LogP contribution >= 0.6 is 15.9 Å². The van der Waals surface area contributed by atoms with E-state index in [0.29, 0.717) is 13.2 Å². The standard InChI is InChI=1S/C15H20BrNO3/c1-3-20-15(18)13-5-4-8-17(13)10-11-9-12(16)6-7-14(11)19-2/h6-7,9,13H,3-5,8,10H2,1-2H3. The maximum Gasteiger partial charge on any atom is 0.323 e. The van der Waals surface area contributed by atoms with E-state index < -0.39 is 0 Å². The average molecular weight is 342 g/mol. The summed E-state index contributed by atoms with van der Waals surface area (Å²) < 4.78 is 11.6. The maximum atomic E-state index is 12.0. The third kappa shape index (κ3) is 3.52. The number of ether oxygens (including phenoxy) is 2. The first kappa shape index (κ1) is 15.3. The topological polar surface area (TPSA) is 38.8 Å². The van der Waals surface area contributed by atoms with E-state index in [1.807, 2.05) is 25.1 Å². The normalized spacial score (nSPS) is 19.1. The molecule has 1 fully saturated rings. The number of likely N-dealkylation sites (tertiary alicyclic amines) is 1. The summed E-state index contributed by atoms with van der Waals surface area (Å²) in [4.78, 5) is 14.1. The second-order valence-corrected chi connectivity index (χ2v) is 5.75. The Morgan fingerprint density at radius 3 is 3.00 bits per heavy atom. The fourth-order valence-corrected chi connectivity index (χ4v) is 3.02. The Hall–Kier alpha value is -1.07. The summed E-state index contributed by atoms with van der Waals surface area (Å²) in [6.45, 7) is 3.89. The molecule has 0 saturated carbocycles. The Morgan fingerprint density at radius 1 is 1.50 bits per heavy atom. The average Bonchev–Trinajstić information content (AvgIpc) is 2.87. The van der Waals surface area contributed by atoms with Crippen molar-refractivity contribution in [2.45, 2.75) is 32.4 Å². The lowest BCUT2D eigenvalue weighted by atomic mass is 10.1. The van der Waals surface area contributed by atoms with E-state index in [4.69, 9.17) is 9.47 Å². The molecule has 1 aliphatic rings. The van der Waals surface area contributed by atoms with Gasteiger partial charge >= 0.3 is 5.97 Å². The number of halogens is 1. The summed E-state index contributed by atoms with van der Waals surface area (Å²) >= 11 is 3.48. The Balaban J connectivity index is 2.12. The van der Waals surface area contributed by atoms with Gasteiger partial charge in [0.2, 0.25) is 0 Å². The van der Waals surface area contributed by atoms with Crippen molar-refractivity contribution in [2.75, 3.05) is 20.3 Å². The maximum absolute atomic E-state index is 12.0. The lowest BCUT2D eigenvalue weighted by Crippen LogP contribution is -2.36. The van der Waals surface area contributed by atoms with Gasteiger partial charge in [0, 0.05) is 16.6 Å². The number of esters is 1. The van der Waals surface area contributed by atoms with Crippen molar-refractivity contribution in [1.82, 2.24) is 4.90 Å². The van der Waals surface area contributed by atoms with Gasteiger partial charge in [0.25, 0.3) is 0 Å². The largest absolute Gasteiger partial charge is 0.496 e. The van der Waals surface area contributed by atoms with Crippen molar-refractivity contribution in [3.05, 3.63) is 28.2 Å². The molecule has 1 aromatic carbocycles. The fourth-order valence-electron chi connectivity index (χ4n) is 2.61. The van der Waals surface area contributed by atoms with Crippen LogP contribution in [-0.4, -0.2) is 37.2 Å². The highest BCUT2D eigenvalue weighted by atomic mass is 79.9. The second-order valence-electron chi connectivity index (χ2n) is 4.84. The van der Waals surface area contributed by atoms with Gasteiger partial charge in [0.1, 0.15) is 11.8 Å². The number of rotatable bonds is 5. The minimum Gasteiger partial charge on any atom is -0.496 e. The van der Waals surface area contributed by atoms with Crippen LogP contribution in [-0.2, 0) is 16.1 Å². The zero-order valence-electron chi connectivity index (χ0n) is 11.9. The zero-order valence-corrected chi connectivity index (χ0v) is 13.5. The molecular weight excluding hydrogens is 322 g/mol. The van der Waals surface area contributed by atoms with E-state index in [1.165, 1.54) is 0 Å². The van der Waals surface area contributed by atoms with Crippen molar-refractivity contribution >= 4 is 21.9 Å². The molecule has 1 heterocycles. The first-order valence-corrected chi connectivity index (χ1v) is 7.68. The molecule has 1 aromatic rings. The van der Waals surface area contributed by atoms with Gasteiger partial charge in [-0.3, -0.25) is 9.69 Å². The van der Waals surface area contributed by atoms with Crippen LogP contribution in [0.2, 0.25) is 0 Å². The molecule has 0 bridgehead atoms. The smallest absolute Gasteiger partial charge is 0.323 e. The molecule has 110 valence electrons. The molecule has 0 amide bonds. The number of hydrogen-bond donors (Lipinski definition) is 0. The predicted molar refractivity (Wildman–Crippen MR) is 80.8 cm³/mol. The Morgan fingerprint density at radius 2 is 2.30 bits per heavy atom. The number of carbonyl (C=O) groups is 1. The molecule has 5 heteroatoms. The van der Waals surface area contributed by atoms with Crippen LogP contribution < -0.4 is 4.74 Å². The van der Waals surface area contributed by atoms with E-state index in [9.17, 15) is 4.79 Å². The number of nitrogens with zero attached hydrogens (tertiary/aromatic N) is 1. The van der Waals surface area contributed by atoms with E-state index >= 15 is 0 Å². The summed E-state index contributed by atoms with van der Waals surface area (Å²) in [7, 11) is 1.67. The third-order valence-corrected chi connectivity index (χ3v) is 4.03. The lowest BCUT2D eigenvalue weighted by molar-refractivity contribution is -0.148. The minimum absolute atomic E-state index is 0.112. The first-order valence-electron chi connectivity index (χ1n) is 6.88. The molecule has 0 aromatic heterocycles. The molecule has 0 N–H and O–H groups in total. The van der Waals surface area contributed by atoms with Crippen LogP contribution in [0.15, 0.2) is 22.7 Å². The highest BCUT2D eigenvalue weighted by molar-refractivity contribution is 9.10. The number of hydrogen-bond acceptors (Lipinski definition) is 4. The first-order chi connectivity index (χ1) is 9.65. The van der Waals surface area contributed by atoms with Gasteiger partial charge in [-0.05, 0) is 44.5 Å². The molecule has 1 aliphatic heterocycles. The molecule has 2 rings (SSSR count). The summed E-state index contributed by atoms with van der Waals surface area (Å²) in [6, 6.07) is 5.81. The zero-order chi connectivity index (χ0) is 14.5. The molecule has 0 radical (unpaired) electrons. The number of methoxy groups -OCH3 is 1. The van der Waals surface area contributed by atoms with Crippen molar-refractivity contribution in [3.63, 3.8) is 0 Å². The highest BCUT2D eigenvalue weighted by Gasteiger charge is 2.32. The summed E-state index contributed by atoms with van der Waals surface area (Å²) in [5.41, 5.74) is 1.08. The number of benzene rings is 1. The molecular formula is C15H20BrNO3. The fraction of sp³-hybridized carbons (Fsp3) is 0.533. The number of carbonyl (C=O) groups excluding carboxylic acids is 1. The molecule has 0 aliphatic carbocycles. The molecule has 1 saturated heterocycles. The summed E-state index contributed by atoms with van der Waals surface area (Å²) in [5, 5.41) is 0. The van der Waals surface area contributed by atoms with Gasteiger partial charge < -0.3 is 9.47 Å². The Kier molecular flexibility index (Phi) is 5.43. The predicted octanol–water partition coefficient (Wildman–Crippen LogP) is 2.99. The Labute approximate surface area is 128 Å². The van der Waals surface area contributed by atoms with Gasteiger partial charge in [0.05, 0.1) is 13.7 Å². The van der Waals surface area contributed by atoms with Gasteiger partial charge in [-0.1, -0.05) is 15.9 Å². The molecule has 0 spiro atoms. The van der Waals surface area contributed by atoms with E-state index in [-0.39, 0.29) is 12.0 Å². The van der Waals surface area contributed by atoms with Crippen LogP contribution in [0, 0.1) is 0 Å². The SMILES string of the molecule is CCOC(=O)C1CCCN1Cc1cc(Br)ccc1OC. The molecule has 1 atom stereocenters. The van der Waals surface area contributed by atoms with Crippen molar-refractivity contribution in [2.24, 2.45) is 0 Å². The molecule has 1 unspecified atom stereocenters. The van der Waals surface area contributed by atoms with E-state index in [0.717, 1.165) is 35.2 Å². The Bertz CT molecular complexity index is 478. The minimum atomic E-state index is -0.126.